The lowest BCUT2D eigenvalue weighted by Crippen LogP contribution is -2.26. The minimum atomic E-state index is -0.500. The van der Waals surface area contributed by atoms with Gasteiger partial charge in [-0.15, -0.1) is 11.3 Å². The Morgan fingerprint density at radius 3 is 1.48 bits per heavy atom. The normalized spacial score (nSPS) is 13.0. The van der Waals surface area contributed by atoms with Crippen LogP contribution in [0.1, 0.15) is 22.3 Å². The van der Waals surface area contributed by atoms with Crippen molar-refractivity contribution >= 4 is 31.5 Å². The van der Waals surface area contributed by atoms with Gasteiger partial charge >= 0.3 is 0 Å². The fraction of sp³-hybridized carbons (Fsp3) is 0.0172. The van der Waals surface area contributed by atoms with Crippen LogP contribution in [0.15, 0.2) is 212 Å². The lowest BCUT2D eigenvalue weighted by atomic mass is 9.68. The van der Waals surface area contributed by atoms with Gasteiger partial charge < -0.3 is 0 Å². The summed E-state index contributed by atoms with van der Waals surface area (Å²) >= 11 is 1.85. The van der Waals surface area contributed by atoms with Crippen LogP contribution in [0, 0.1) is 0 Å². The molecule has 0 amide bonds. The van der Waals surface area contributed by atoms with Gasteiger partial charge in [-0.2, -0.15) is 0 Å². The van der Waals surface area contributed by atoms with Gasteiger partial charge in [0.05, 0.1) is 5.41 Å². The van der Waals surface area contributed by atoms with Crippen molar-refractivity contribution in [2.45, 2.75) is 5.41 Å². The van der Waals surface area contributed by atoms with E-state index in [0.717, 1.165) is 27.8 Å². The SMILES string of the molecule is c1ccc(-c2nc(-c3cccc(-c4cccc5c4sc4ccccc45)c3)nc(-c3ccccc3-c3cccc4c3C3(c5ccccc5-c5ccccc53)c3ccccc3-4)n2)cc1. The first-order valence-corrected chi connectivity index (χ1v) is 21.9. The van der Waals surface area contributed by atoms with Crippen LogP contribution in [0.25, 0.3) is 98.8 Å². The molecule has 4 heteroatoms. The predicted octanol–water partition coefficient (Wildman–Crippen LogP) is 14.9. The quantitative estimate of drug-likeness (QED) is 0.174. The molecule has 0 aliphatic heterocycles. The molecule has 2 aliphatic rings. The molecule has 1 spiro atoms. The van der Waals surface area contributed by atoms with E-state index in [9.17, 15) is 0 Å². The predicted molar refractivity (Wildman–Crippen MR) is 256 cm³/mol. The Morgan fingerprint density at radius 1 is 0.306 bits per heavy atom. The minimum absolute atomic E-state index is 0.500. The van der Waals surface area contributed by atoms with E-state index in [1.54, 1.807) is 0 Å². The van der Waals surface area contributed by atoms with E-state index in [-0.39, 0.29) is 0 Å². The fourth-order valence-corrected chi connectivity index (χ4v) is 11.7. The highest BCUT2D eigenvalue weighted by Gasteiger charge is 2.52. The van der Waals surface area contributed by atoms with Gasteiger partial charge in [0.15, 0.2) is 17.5 Å². The molecule has 2 aromatic heterocycles. The number of benzene rings is 9. The topological polar surface area (TPSA) is 38.7 Å². The Morgan fingerprint density at radius 2 is 0.758 bits per heavy atom. The summed E-state index contributed by atoms with van der Waals surface area (Å²) in [6.07, 6.45) is 0. The Labute approximate surface area is 363 Å². The van der Waals surface area contributed by atoms with Crippen LogP contribution in [-0.2, 0) is 5.41 Å². The van der Waals surface area contributed by atoms with Gasteiger partial charge in [-0.3, -0.25) is 0 Å². The summed E-state index contributed by atoms with van der Waals surface area (Å²) < 4.78 is 2.57. The maximum Gasteiger partial charge on any atom is 0.164 e. The zero-order valence-electron chi connectivity index (χ0n) is 33.5. The van der Waals surface area contributed by atoms with Gasteiger partial charge in [0.2, 0.25) is 0 Å². The molecule has 9 aromatic carbocycles. The van der Waals surface area contributed by atoms with Gasteiger partial charge in [0, 0.05) is 36.9 Å². The maximum atomic E-state index is 5.39. The molecule has 13 rings (SSSR count). The molecule has 0 bridgehead atoms. The highest BCUT2D eigenvalue weighted by Crippen LogP contribution is 2.64. The zero-order valence-corrected chi connectivity index (χ0v) is 34.3. The number of hydrogen-bond acceptors (Lipinski definition) is 4. The monoisotopic (exact) mass is 805 g/mol. The van der Waals surface area contributed by atoms with Crippen molar-refractivity contribution in [3.63, 3.8) is 0 Å². The summed E-state index contributed by atoms with van der Waals surface area (Å²) in [6, 6.07) is 76.7. The average molecular weight is 806 g/mol. The lowest BCUT2D eigenvalue weighted by Gasteiger charge is -2.32. The Bertz CT molecular complexity index is 3540. The first-order valence-electron chi connectivity index (χ1n) is 21.1. The highest BCUT2D eigenvalue weighted by atomic mass is 32.1. The van der Waals surface area contributed by atoms with Crippen LogP contribution in [0.3, 0.4) is 0 Å². The number of aromatic nitrogens is 3. The number of hydrogen-bond donors (Lipinski definition) is 0. The van der Waals surface area contributed by atoms with E-state index in [2.05, 4.69) is 194 Å². The average Bonchev–Trinajstić information content (AvgIpc) is 3.99. The van der Waals surface area contributed by atoms with Crippen molar-refractivity contribution in [1.82, 2.24) is 15.0 Å². The van der Waals surface area contributed by atoms with Crippen LogP contribution in [-0.4, -0.2) is 15.0 Å². The number of fused-ring (bicyclic) bond motifs is 13. The summed E-state index contributed by atoms with van der Waals surface area (Å²) in [5.41, 5.74) is 17.3. The van der Waals surface area contributed by atoms with E-state index in [0.29, 0.717) is 17.5 Å². The second kappa shape index (κ2) is 13.6. The third-order valence-electron chi connectivity index (χ3n) is 13.0. The molecule has 11 aromatic rings. The second-order valence-electron chi connectivity index (χ2n) is 16.2. The first kappa shape index (κ1) is 35.0. The number of nitrogens with zero attached hydrogens (tertiary/aromatic N) is 3. The summed E-state index contributed by atoms with van der Waals surface area (Å²) in [6.45, 7) is 0. The molecule has 0 saturated heterocycles. The van der Waals surface area contributed by atoms with Crippen molar-refractivity contribution in [1.29, 1.82) is 0 Å². The minimum Gasteiger partial charge on any atom is -0.208 e. The summed E-state index contributed by atoms with van der Waals surface area (Å²) in [4.78, 5) is 15.9. The van der Waals surface area contributed by atoms with Crippen LogP contribution in [0.2, 0.25) is 0 Å². The van der Waals surface area contributed by atoms with Crippen molar-refractivity contribution in [2.24, 2.45) is 0 Å². The standard InChI is InChI=1S/C58H35N3S/c1-2-17-36(18-3-1)55-59-56(38-20-14-19-37(35-38)39-27-15-30-47-44-25-9-13-34-52(44)62-54(39)47)61-57(60-55)48-26-5-4-21-40(48)45-28-16-29-46-43-24-8-12-33-51(43)58(53(45)46)49-31-10-6-22-41(49)42-23-7-11-32-50(42)58/h1-35H. The Hall–Kier alpha value is -7.79. The summed E-state index contributed by atoms with van der Waals surface area (Å²) in [5, 5.41) is 2.57. The number of thiophene rings is 1. The van der Waals surface area contributed by atoms with E-state index in [1.807, 2.05) is 29.5 Å². The highest BCUT2D eigenvalue weighted by molar-refractivity contribution is 7.26. The van der Waals surface area contributed by atoms with E-state index in [1.165, 1.54) is 75.8 Å². The molecule has 0 unspecified atom stereocenters. The summed E-state index contributed by atoms with van der Waals surface area (Å²) in [7, 11) is 0. The molecule has 62 heavy (non-hydrogen) atoms. The van der Waals surface area contributed by atoms with Gasteiger partial charge in [0.25, 0.3) is 0 Å². The van der Waals surface area contributed by atoms with Crippen LogP contribution < -0.4 is 0 Å². The van der Waals surface area contributed by atoms with Crippen molar-refractivity contribution in [3.05, 3.63) is 235 Å². The molecule has 2 heterocycles. The van der Waals surface area contributed by atoms with Gasteiger partial charge in [-0.25, -0.2) is 15.0 Å². The molecular weight excluding hydrogens is 771 g/mol. The molecule has 0 saturated carbocycles. The smallest absolute Gasteiger partial charge is 0.164 e. The third kappa shape index (κ3) is 5.02. The first-order chi connectivity index (χ1) is 30.8. The molecule has 0 N–H and O–H groups in total. The Kier molecular flexibility index (Phi) is 7.69. The molecular formula is C58H35N3S. The molecule has 2 aliphatic carbocycles. The van der Waals surface area contributed by atoms with Gasteiger partial charge in [-0.1, -0.05) is 200 Å². The van der Waals surface area contributed by atoms with E-state index in [4.69, 9.17) is 15.0 Å². The van der Waals surface area contributed by atoms with Crippen LogP contribution in [0.4, 0.5) is 0 Å². The van der Waals surface area contributed by atoms with E-state index >= 15 is 0 Å². The van der Waals surface area contributed by atoms with E-state index < -0.39 is 5.41 Å². The zero-order chi connectivity index (χ0) is 40.8. The third-order valence-corrected chi connectivity index (χ3v) is 14.2. The maximum absolute atomic E-state index is 5.39. The van der Waals surface area contributed by atoms with Gasteiger partial charge in [0.1, 0.15) is 0 Å². The second-order valence-corrected chi connectivity index (χ2v) is 17.2. The Balaban J connectivity index is 1.03. The molecule has 0 fully saturated rings. The van der Waals surface area contributed by atoms with Crippen LogP contribution in [0.5, 0.6) is 0 Å². The molecule has 3 nitrogen and oxygen atoms in total. The van der Waals surface area contributed by atoms with Crippen molar-refractivity contribution in [2.75, 3.05) is 0 Å². The van der Waals surface area contributed by atoms with Crippen LogP contribution >= 0.6 is 11.3 Å². The molecule has 288 valence electrons. The fourth-order valence-electron chi connectivity index (χ4n) is 10.4. The largest absolute Gasteiger partial charge is 0.208 e. The van der Waals surface area contributed by atoms with Crippen molar-refractivity contribution in [3.8, 4) is 78.7 Å². The number of rotatable bonds is 5. The van der Waals surface area contributed by atoms with Crippen molar-refractivity contribution < 1.29 is 0 Å². The molecule has 0 atom stereocenters. The lowest BCUT2D eigenvalue weighted by molar-refractivity contribution is 0.796. The summed E-state index contributed by atoms with van der Waals surface area (Å²) in [5.74, 6) is 1.91. The molecule has 0 radical (unpaired) electrons. The van der Waals surface area contributed by atoms with Gasteiger partial charge in [-0.05, 0) is 78.9 Å².